The Kier molecular flexibility index (Phi) is 6.39. The fourth-order valence-electron chi connectivity index (χ4n) is 1.97. The Morgan fingerprint density at radius 3 is 2.73 bits per heavy atom. The number of carbonyl (C=O) groups excluding carboxylic acids is 1. The Balaban J connectivity index is 0.00000116. The van der Waals surface area contributed by atoms with Crippen LogP contribution in [0, 0.1) is 5.82 Å². The van der Waals surface area contributed by atoms with Crippen LogP contribution in [0.3, 0.4) is 0 Å². The summed E-state index contributed by atoms with van der Waals surface area (Å²) in [7, 11) is 1.33. The standard InChI is InChI=1S/C12H15FN4O3.C2H6/c1-20-12(5-18,6-19)2-3-17-4-8(13)9-10(14)15-7-16-11(9)17;1-2/h4-5,7,19H,2-3,6H2,1H3,(H2,14,15,16);1-2H3/t12-;/m1./s1. The van der Waals surface area contributed by atoms with Crippen LogP contribution in [0.4, 0.5) is 10.2 Å². The molecule has 0 aromatic carbocycles. The molecule has 2 rings (SSSR count). The van der Waals surface area contributed by atoms with Crippen molar-refractivity contribution < 1.29 is 19.0 Å². The number of aliphatic hydroxyl groups is 1. The number of aromatic nitrogens is 3. The average molecular weight is 312 g/mol. The lowest BCUT2D eigenvalue weighted by molar-refractivity contribution is -0.134. The van der Waals surface area contributed by atoms with Crippen molar-refractivity contribution >= 4 is 23.1 Å². The van der Waals surface area contributed by atoms with Crippen molar-refractivity contribution in [2.24, 2.45) is 0 Å². The molecule has 7 nitrogen and oxygen atoms in total. The lowest BCUT2D eigenvalue weighted by Gasteiger charge is -2.24. The highest BCUT2D eigenvalue weighted by atomic mass is 19.1. The molecule has 2 aromatic rings. The zero-order valence-electron chi connectivity index (χ0n) is 12.9. The topological polar surface area (TPSA) is 103 Å². The van der Waals surface area contributed by atoms with Gasteiger partial charge < -0.3 is 24.9 Å². The molecule has 0 radical (unpaired) electrons. The molecule has 0 aliphatic carbocycles. The van der Waals surface area contributed by atoms with Gasteiger partial charge in [0.1, 0.15) is 23.4 Å². The molecule has 3 N–H and O–H groups in total. The van der Waals surface area contributed by atoms with Crippen molar-refractivity contribution in [3.8, 4) is 0 Å². The first-order chi connectivity index (χ1) is 10.6. The van der Waals surface area contributed by atoms with Gasteiger partial charge in [0.25, 0.3) is 0 Å². The largest absolute Gasteiger partial charge is 0.393 e. The SMILES string of the molecule is CC.CO[C@](C=O)(CO)CCn1cc(F)c2c(N)ncnc21. The van der Waals surface area contributed by atoms with E-state index in [1.165, 1.54) is 24.2 Å². The van der Waals surface area contributed by atoms with E-state index in [4.69, 9.17) is 10.5 Å². The Bertz CT molecular complexity index is 626. The first-order valence-electron chi connectivity index (χ1n) is 6.94. The van der Waals surface area contributed by atoms with E-state index in [0.29, 0.717) is 11.9 Å². The van der Waals surface area contributed by atoms with Crippen LogP contribution >= 0.6 is 0 Å². The van der Waals surface area contributed by atoms with Gasteiger partial charge in [-0.2, -0.15) is 0 Å². The van der Waals surface area contributed by atoms with Gasteiger partial charge in [-0.3, -0.25) is 0 Å². The smallest absolute Gasteiger partial charge is 0.154 e. The molecule has 122 valence electrons. The van der Waals surface area contributed by atoms with E-state index in [9.17, 15) is 14.3 Å². The second kappa shape index (κ2) is 7.81. The third kappa shape index (κ3) is 3.40. The highest BCUT2D eigenvalue weighted by molar-refractivity contribution is 5.86. The number of hydrogen-bond donors (Lipinski definition) is 2. The molecule has 2 aromatic heterocycles. The Hall–Kier alpha value is -2.06. The number of aldehydes is 1. The molecule has 22 heavy (non-hydrogen) atoms. The molecule has 0 aliphatic heterocycles. The van der Waals surface area contributed by atoms with Crippen LogP contribution in [-0.4, -0.2) is 45.2 Å². The van der Waals surface area contributed by atoms with Crippen molar-refractivity contribution in [2.45, 2.75) is 32.4 Å². The Labute approximate surface area is 127 Å². The maximum absolute atomic E-state index is 13.8. The van der Waals surface area contributed by atoms with E-state index in [1.54, 1.807) is 0 Å². The zero-order chi connectivity index (χ0) is 16.8. The van der Waals surface area contributed by atoms with E-state index in [-0.39, 0.29) is 24.2 Å². The molecule has 0 saturated heterocycles. The quantitative estimate of drug-likeness (QED) is 0.775. The van der Waals surface area contributed by atoms with Gasteiger partial charge in [0.2, 0.25) is 0 Å². The van der Waals surface area contributed by atoms with Crippen LogP contribution in [0.1, 0.15) is 20.3 Å². The fraction of sp³-hybridized carbons (Fsp3) is 0.500. The van der Waals surface area contributed by atoms with Crippen LogP contribution in [0.25, 0.3) is 11.0 Å². The lowest BCUT2D eigenvalue weighted by atomic mass is 10.0. The molecular weight excluding hydrogens is 291 g/mol. The van der Waals surface area contributed by atoms with E-state index in [2.05, 4.69) is 9.97 Å². The van der Waals surface area contributed by atoms with Crippen molar-refractivity contribution in [1.82, 2.24) is 14.5 Å². The third-order valence-electron chi connectivity index (χ3n) is 3.30. The second-order valence-electron chi connectivity index (χ2n) is 4.42. The minimum Gasteiger partial charge on any atom is -0.393 e. The number of aryl methyl sites for hydroxylation is 1. The molecule has 0 spiro atoms. The molecule has 0 saturated carbocycles. The number of aliphatic hydroxyl groups excluding tert-OH is 1. The number of nitrogens with two attached hydrogens (primary N) is 1. The molecular formula is C14H21FN4O3. The molecule has 8 heteroatoms. The maximum Gasteiger partial charge on any atom is 0.154 e. The monoisotopic (exact) mass is 312 g/mol. The Morgan fingerprint density at radius 1 is 1.50 bits per heavy atom. The van der Waals surface area contributed by atoms with Crippen LogP contribution in [-0.2, 0) is 16.1 Å². The lowest BCUT2D eigenvalue weighted by Crippen LogP contribution is -2.38. The van der Waals surface area contributed by atoms with Gasteiger partial charge in [-0.15, -0.1) is 0 Å². The van der Waals surface area contributed by atoms with Crippen molar-refractivity contribution in [3.63, 3.8) is 0 Å². The minimum absolute atomic E-state index is 0.0572. The Morgan fingerprint density at radius 2 is 2.18 bits per heavy atom. The van der Waals surface area contributed by atoms with Crippen molar-refractivity contribution in [3.05, 3.63) is 18.3 Å². The summed E-state index contributed by atoms with van der Waals surface area (Å²) < 4.78 is 20.3. The van der Waals surface area contributed by atoms with Crippen molar-refractivity contribution in [2.75, 3.05) is 19.5 Å². The first kappa shape index (κ1) is 18.0. The highest BCUT2D eigenvalue weighted by Gasteiger charge is 2.28. The van der Waals surface area contributed by atoms with Crippen LogP contribution in [0.15, 0.2) is 12.5 Å². The van der Waals surface area contributed by atoms with Gasteiger partial charge in [0.15, 0.2) is 12.1 Å². The van der Waals surface area contributed by atoms with Crippen LogP contribution in [0.2, 0.25) is 0 Å². The summed E-state index contributed by atoms with van der Waals surface area (Å²) >= 11 is 0. The van der Waals surface area contributed by atoms with Gasteiger partial charge in [-0.25, -0.2) is 14.4 Å². The molecule has 0 amide bonds. The second-order valence-corrected chi connectivity index (χ2v) is 4.42. The van der Waals surface area contributed by atoms with Gasteiger partial charge in [0, 0.05) is 26.3 Å². The maximum atomic E-state index is 13.8. The number of rotatable bonds is 6. The van der Waals surface area contributed by atoms with Crippen molar-refractivity contribution in [1.29, 1.82) is 0 Å². The average Bonchev–Trinajstić information content (AvgIpc) is 2.89. The highest BCUT2D eigenvalue weighted by Crippen LogP contribution is 2.23. The van der Waals surface area contributed by atoms with E-state index in [0.717, 1.165) is 0 Å². The number of methoxy groups -OCH3 is 1. The van der Waals surface area contributed by atoms with Gasteiger partial charge in [-0.1, -0.05) is 13.8 Å². The summed E-state index contributed by atoms with van der Waals surface area (Å²) in [6.45, 7) is 3.79. The summed E-state index contributed by atoms with van der Waals surface area (Å²) in [5.41, 5.74) is 4.64. The fourth-order valence-corrected chi connectivity index (χ4v) is 1.97. The molecule has 0 aliphatic rings. The number of halogens is 1. The van der Waals surface area contributed by atoms with E-state index < -0.39 is 18.0 Å². The number of nitrogens with zero attached hydrogens (tertiary/aromatic N) is 3. The number of nitrogen functional groups attached to an aromatic ring is 1. The van der Waals surface area contributed by atoms with E-state index >= 15 is 0 Å². The van der Waals surface area contributed by atoms with Crippen LogP contribution in [0.5, 0.6) is 0 Å². The van der Waals surface area contributed by atoms with Gasteiger partial charge >= 0.3 is 0 Å². The molecule has 0 unspecified atom stereocenters. The van der Waals surface area contributed by atoms with Crippen LogP contribution < -0.4 is 5.73 Å². The van der Waals surface area contributed by atoms with Gasteiger partial charge in [0.05, 0.1) is 12.0 Å². The number of fused-ring (bicyclic) bond motifs is 1. The summed E-state index contributed by atoms with van der Waals surface area (Å²) in [5.74, 6) is -0.474. The molecule has 2 heterocycles. The summed E-state index contributed by atoms with van der Waals surface area (Å²) in [4.78, 5) is 18.7. The summed E-state index contributed by atoms with van der Waals surface area (Å²) in [5, 5.41) is 9.38. The normalized spacial score (nSPS) is 13.3. The zero-order valence-corrected chi connectivity index (χ0v) is 12.9. The summed E-state index contributed by atoms with van der Waals surface area (Å²) in [6.07, 6.45) is 3.19. The predicted molar refractivity (Wildman–Crippen MR) is 80.8 cm³/mol. The summed E-state index contributed by atoms with van der Waals surface area (Å²) in [6, 6.07) is 0. The molecule has 0 fully saturated rings. The number of anilines is 1. The molecule has 1 atom stereocenters. The number of hydrogen-bond acceptors (Lipinski definition) is 6. The number of ether oxygens (including phenoxy) is 1. The van der Waals surface area contributed by atoms with Gasteiger partial charge in [-0.05, 0) is 0 Å². The van der Waals surface area contributed by atoms with E-state index in [1.807, 2.05) is 13.8 Å². The predicted octanol–water partition coefficient (Wildman–Crippen LogP) is 1.15. The minimum atomic E-state index is -1.30. The third-order valence-corrected chi connectivity index (χ3v) is 3.30. The number of carbonyl (C=O) groups is 1. The first-order valence-corrected chi connectivity index (χ1v) is 6.94. The molecule has 0 bridgehead atoms.